The molecule has 2 heterocycles. The minimum absolute atomic E-state index is 0.405. The van der Waals surface area contributed by atoms with Crippen LogP contribution in [0.3, 0.4) is 0 Å². The number of rotatable bonds is 4. The number of nitrogens with one attached hydrogen (secondary N) is 1. The lowest BCUT2D eigenvalue weighted by Gasteiger charge is -2.37. The average molecular weight is 323 g/mol. The lowest BCUT2D eigenvalue weighted by Crippen LogP contribution is -2.28. The molecule has 3 atom stereocenters. The van der Waals surface area contributed by atoms with E-state index in [9.17, 15) is 0 Å². The Morgan fingerprint density at radius 3 is 3.09 bits per heavy atom. The van der Waals surface area contributed by atoms with Gasteiger partial charge in [0.2, 0.25) is 0 Å². The summed E-state index contributed by atoms with van der Waals surface area (Å²) in [7, 11) is 0. The molecule has 3 unspecified atom stereocenters. The number of hydrogen-bond donors (Lipinski definition) is 1. The van der Waals surface area contributed by atoms with E-state index in [0.29, 0.717) is 24.5 Å². The number of fused-ring (bicyclic) bond motifs is 3. The van der Waals surface area contributed by atoms with E-state index in [-0.39, 0.29) is 0 Å². The van der Waals surface area contributed by atoms with Crippen molar-refractivity contribution in [2.24, 2.45) is 5.92 Å². The molecule has 0 amide bonds. The predicted octanol–water partition coefficient (Wildman–Crippen LogP) is 5.45. The molecule has 2 aliphatic rings. The van der Waals surface area contributed by atoms with Crippen molar-refractivity contribution in [1.82, 2.24) is 0 Å². The Hall–Kier alpha value is -2.00. The van der Waals surface area contributed by atoms with Crippen molar-refractivity contribution in [2.75, 3.05) is 11.9 Å². The summed E-state index contributed by atoms with van der Waals surface area (Å²) in [6.07, 6.45) is 7.62. The number of thiophene rings is 1. The summed E-state index contributed by atoms with van der Waals surface area (Å²) in [5.41, 5.74) is 3.99. The van der Waals surface area contributed by atoms with Gasteiger partial charge in [-0.3, -0.25) is 0 Å². The molecule has 1 aliphatic heterocycles. The molecular weight excluding hydrogens is 302 g/mol. The minimum atomic E-state index is 0.405. The highest BCUT2D eigenvalue weighted by Gasteiger charge is 2.38. The van der Waals surface area contributed by atoms with E-state index in [2.05, 4.69) is 54.6 Å². The Labute approximate surface area is 141 Å². The molecule has 0 spiro atoms. The third-order valence-electron chi connectivity index (χ3n) is 4.89. The van der Waals surface area contributed by atoms with Crippen molar-refractivity contribution in [1.29, 1.82) is 0 Å². The van der Waals surface area contributed by atoms with Crippen LogP contribution in [0, 0.1) is 12.8 Å². The fraction of sp³-hybridized carbons (Fsp3) is 0.300. The number of allylic oxidation sites excluding steroid dienone is 2. The first kappa shape index (κ1) is 14.6. The van der Waals surface area contributed by atoms with Crippen LogP contribution in [0.2, 0.25) is 0 Å². The number of hydrogen-bond acceptors (Lipinski definition) is 3. The molecule has 0 saturated carbocycles. The summed E-state index contributed by atoms with van der Waals surface area (Å²) in [6.45, 7) is 6.48. The van der Waals surface area contributed by atoms with Crippen LogP contribution < -0.4 is 10.1 Å². The average Bonchev–Trinajstić information content (AvgIpc) is 3.21. The summed E-state index contributed by atoms with van der Waals surface area (Å²) < 4.78 is 5.72. The smallest absolute Gasteiger partial charge is 0.120 e. The maximum absolute atomic E-state index is 5.72. The van der Waals surface area contributed by atoms with Crippen LogP contribution in [0.5, 0.6) is 5.75 Å². The van der Waals surface area contributed by atoms with E-state index in [1.807, 2.05) is 17.4 Å². The van der Waals surface area contributed by atoms with Crippen molar-refractivity contribution >= 4 is 17.0 Å². The molecule has 3 heteroatoms. The summed E-state index contributed by atoms with van der Waals surface area (Å²) in [4.78, 5) is 1.47. The number of ether oxygens (including phenoxy) is 1. The van der Waals surface area contributed by atoms with E-state index in [4.69, 9.17) is 4.74 Å². The van der Waals surface area contributed by atoms with Crippen LogP contribution in [0.25, 0.3) is 0 Å². The Kier molecular flexibility index (Phi) is 3.74. The van der Waals surface area contributed by atoms with Crippen LogP contribution >= 0.6 is 11.3 Å². The fourth-order valence-electron chi connectivity index (χ4n) is 3.78. The first-order valence-corrected chi connectivity index (χ1v) is 9.00. The number of benzene rings is 1. The molecule has 2 nitrogen and oxygen atoms in total. The zero-order valence-corrected chi connectivity index (χ0v) is 14.1. The van der Waals surface area contributed by atoms with Gasteiger partial charge in [0.15, 0.2) is 0 Å². The zero-order chi connectivity index (χ0) is 15.8. The predicted molar refractivity (Wildman–Crippen MR) is 97.5 cm³/mol. The highest BCUT2D eigenvalue weighted by molar-refractivity contribution is 7.10. The second-order valence-corrected chi connectivity index (χ2v) is 7.24. The molecule has 1 N–H and O–H groups in total. The maximum Gasteiger partial charge on any atom is 0.120 e. The monoisotopic (exact) mass is 323 g/mol. The molecule has 0 radical (unpaired) electrons. The zero-order valence-electron chi connectivity index (χ0n) is 13.3. The summed E-state index contributed by atoms with van der Waals surface area (Å²) in [6, 6.07) is 9.03. The summed E-state index contributed by atoms with van der Waals surface area (Å²) in [5.74, 6) is 2.00. The van der Waals surface area contributed by atoms with Gasteiger partial charge in [0, 0.05) is 16.5 Å². The van der Waals surface area contributed by atoms with Gasteiger partial charge in [-0.15, -0.1) is 11.3 Å². The molecule has 118 valence electrons. The van der Waals surface area contributed by atoms with Crippen LogP contribution in [0.4, 0.5) is 5.69 Å². The topological polar surface area (TPSA) is 21.3 Å². The van der Waals surface area contributed by atoms with Crippen molar-refractivity contribution < 1.29 is 4.74 Å². The van der Waals surface area contributed by atoms with E-state index >= 15 is 0 Å². The molecule has 1 aromatic heterocycles. The molecule has 1 aliphatic carbocycles. The Morgan fingerprint density at radius 1 is 1.39 bits per heavy atom. The van der Waals surface area contributed by atoms with Crippen molar-refractivity contribution in [3.05, 3.63) is 70.5 Å². The van der Waals surface area contributed by atoms with Crippen LogP contribution in [-0.4, -0.2) is 6.61 Å². The fourth-order valence-corrected chi connectivity index (χ4v) is 4.83. The van der Waals surface area contributed by atoms with Gasteiger partial charge in [0.1, 0.15) is 12.4 Å². The second-order valence-electron chi connectivity index (χ2n) is 6.29. The lowest BCUT2D eigenvalue weighted by molar-refractivity contribution is 0.361. The Bertz CT molecular complexity index is 761. The highest BCUT2D eigenvalue weighted by Crippen LogP contribution is 2.51. The van der Waals surface area contributed by atoms with Gasteiger partial charge in [-0.05, 0) is 60.0 Å². The maximum atomic E-state index is 5.72. The van der Waals surface area contributed by atoms with Gasteiger partial charge < -0.3 is 10.1 Å². The third kappa shape index (κ3) is 2.49. The van der Waals surface area contributed by atoms with E-state index in [1.54, 1.807) is 6.08 Å². The normalized spacial score (nSPS) is 24.7. The van der Waals surface area contributed by atoms with Gasteiger partial charge in [-0.2, -0.15) is 0 Å². The van der Waals surface area contributed by atoms with Crippen LogP contribution in [-0.2, 0) is 0 Å². The minimum Gasteiger partial charge on any atom is -0.490 e. The molecule has 1 aromatic carbocycles. The summed E-state index contributed by atoms with van der Waals surface area (Å²) in [5, 5.41) is 5.99. The largest absolute Gasteiger partial charge is 0.490 e. The van der Waals surface area contributed by atoms with Gasteiger partial charge in [-0.25, -0.2) is 0 Å². The molecule has 0 bridgehead atoms. The summed E-state index contributed by atoms with van der Waals surface area (Å²) >= 11 is 1.87. The SMILES string of the molecule is C=CCOc1ccc2c(c1)C1C=CCC1C(c1sccc1C)N2. The molecule has 0 fully saturated rings. The quantitative estimate of drug-likeness (QED) is 0.756. The van der Waals surface area contributed by atoms with Crippen LogP contribution in [0.1, 0.15) is 34.4 Å². The van der Waals surface area contributed by atoms with Crippen molar-refractivity contribution in [3.8, 4) is 5.75 Å². The van der Waals surface area contributed by atoms with E-state index < -0.39 is 0 Å². The van der Waals surface area contributed by atoms with Gasteiger partial charge in [0.25, 0.3) is 0 Å². The first-order chi connectivity index (χ1) is 11.3. The van der Waals surface area contributed by atoms with Crippen molar-refractivity contribution in [2.45, 2.75) is 25.3 Å². The molecule has 2 aromatic rings. The van der Waals surface area contributed by atoms with Gasteiger partial charge in [-0.1, -0.05) is 24.8 Å². The van der Waals surface area contributed by atoms with E-state index in [1.165, 1.54) is 21.7 Å². The Balaban J connectivity index is 1.71. The lowest BCUT2D eigenvalue weighted by atomic mass is 9.78. The molecular formula is C20H21NOS. The molecule has 0 saturated heterocycles. The van der Waals surface area contributed by atoms with Gasteiger partial charge in [0.05, 0.1) is 6.04 Å². The molecule has 23 heavy (non-hydrogen) atoms. The highest BCUT2D eigenvalue weighted by atomic mass is 32.1. The second kappa shape index (κ2) is 5.89. The van der Waals surface area contributed by atoms with Crippen molar-refractivity contribution in [3.63, 3.8) is 0 Å². The van der Waals surface area contributed by atoms with Gasteiger partial charge >= 0.3 is 0 Å². The third-order valence-corrected chi connectivity index (χ3v) is 5.99. The Morgan fingerprint density at radius 2 is 2.30 bits per heavy atom. The van der Waals surface area contributed by atoms with Crippen LogP contribution in [0.15, 0.2) is 54.5 Å². The number of anilines is 1. The number of aryl methyl sites for hydroxylation is 1. The standard InChI is InChI=1S/C20H21NOS/c1-3-10-22-14-7-8-18-17(12-14)15-5-4-6-16(15)19(21-18)20-13(2)9-11-23-20/h3-5,7-9,11-12,15-16,19,21H,1,6,10H2,2H3. The van der Waals surface area contributed by atoms with E-state index in [0.717, 1.165) is 12.2 Å². The molecule has 4 rings (SSSR count). The first-order valence-electron chi connectivity index (χ1n) is 8.13.